The minimum Gasteiger partial charge on any atom is -0.304 e. The molecule has 1 aliphatic heterocycles. The summed E-state index contributed by atoms with van der Waals surface area (Å²) in [5, 5.41) is 0. The number of benzene rings is 2. The van der Waals surface area contributed by atoms with E-state index in [0.717, 1.165) is 41.6 Å². The van der Waals surface area contributed by atoms with Crippen LogP contribution in [0.4, 0.5) is 5.69 Å². The number of carbonyl (C=O) groups is 1. The van der Waals surface area contributed by atoms with Crippen LogP contribution in [0, 0.1) is 11.8 Å². The van der Waals surface area contributed by atoms with Crippen LogP contribution in [0.2, 0.25) is 0 Å². The summed E-state index contributed by atoms with van der Waals surface area (Å²) in [7, 11) is 0. The molecule has 0 aliphatic carbocycles. The third-order valence-corrected chi connectivity index (χ3v) is 6.02. The zero-order valence-electron chi connectivity index (χ0n) is 18.6. The zero-order chi connectivity index (χ0) is 21.2. The molecule has 1 heterocycles. The maximum absolute atomic E-state index is 13.8. The van der Waals surface area contributed by atoms with Crippen molar-refractivity contribution in [3.05, 3.63) is 65.2 Å². The van der Waals surface area contributed by atoms with E-state index in [-0.39, 0.29) is 11.9 Å². The molecular weight excluding hydrogens is 366 g/mol. The first-order valence-electron chi connectivity index (χ1n) is 11.8. The predicted octanol–water partition coefficient (Wildman–Crippen LogP) is 7.36. The molecule has 2 aromatic carbocycles. The van der Waals surface area contributed by atoms with Crippen molar-refractivity contribution in [2.24, 2.45) is 0 Å². The molecule has 2 heteroatoms. The van der Waals surface area contributed by atoms with E-state index in [9.17, 15) is 4.79 Å². The van der Waals surface area contributed by atoms with Gasteiger partial charge >= 0.3 is 0 Å². The highest BCUT2D eigenvalue weighted by Gasteiger charge is 2.29. The first-order valence-corrected chi connectivity index (χ1v) is 11.8. The maximum atomic E-state index is 13.8. The molecule has 1 aliphatic rings. The Labute approximate surface area is 182 Å². The molecule has 0 aromatic heterocycles. The fourth-order valence-corrected chi connectivity index (χ4v) is 4.32. The van der Waals surface area contributed by atoms with Gasteiger partial charge in [0.25, 0.3) is 5.91 Å². The van der Waals surface area contributed by atoms with Crippen molar-refractivity contribution in [1.29, 1.82) is 0 Å². The van der Waals surface area contributed by atoms with E-state index in [0.29, 0.717) is 0 Å². The summed E-state index contributed by atoms with van der Waals surface area (Å²) >= 11 is 0. The van der Waals surface area contributed by atoms with Crippen molar-refractivity contribution in [1.82, 2.24) is 0 Å². The van der Waals surface area contributed by atoms with Crippen LogP contribution in [0.1, 0.15) is 99.5 Å². The zero-order valence-corrected chi connectivity index (χ0v) is 18.6. The van der Waals surface area contributed by atoms with Crippen LogP contribution in [0.25, 0.3) is 0 Å². The Kier molecular flexibility index (Phi) is 8.57. The Hall–Kier alpha value is -2.53. The van der Waals surface area contributed by atoms with Gasteiger partial charge in [0.1, 0.15) is 0 Å². The van der Waals surface area contributed by atoms with Crippen LogP contribution >= 0.6 is 0 Å². The van der Waals surface area contributed by atoms with E-state index >= 15 is 0 Å². The van der Waals surface area contributed by atoms with Gasteiger partial charge in [-0.2, -0.15) is 0 Å². The number of unbranched alkanes of at least 4 members (excludes halogenated alkanes) is 6. The molecule has 2 nitrogen and oxygen atoms in total. The van der Waals surface area contributed by atoms with Crippen LogP contribution in [0.5, 0.6) is 0 Å². The third kappa shape index (κ3) is 5.54. The van der Waals surface area contributed by atoms with Gasteiger partial charge in [-0.1, -0.05) is 101 Å². The summed E-state index contributed by atoms with van der Waals surface area (Å²) in [5.74, 6) is 6.67. The molecule has 0 saturated carbocycles. The second kappa shape index (κ2) is 11.6. The van der Waals surface area contributed by atoms with Crippen molar-refractivity contribution < 1.29 is 4.79 Å². The molecule has 1 amide bonds. The van der Waals surface area contributed by atoms with Gasteiger partial charge < -0.3 is 4.90 Å². The smallest absolute Gasteiger partial charge is 0.259 e. The van der Waals surface area contributed by atoms with Gasteiger partial charge in [0, 0.05) is 17.2 Å². The normalized spacial score (nSPS) is 13.5. The van der Waals surface area contributed by atoms with E-state index in [1.54, 1.807) is 0 Å². The molecule has 158 valence electrons. The van der Waals surface area contributed by atoms with Gasteiger partial charge in [-0.05, 0) is 37.1 Å². The van der Waals surface area contributed by atoms with Crippen molar-refractivity contribution in [2.75, 3.05) is 4.90 Å². The Balaban J connectivity index is 1.95. The summed E-state index contributed by atoms with van der Waals surface area (Å²) in [6, 6.07) is 16.2. The number of hydrogen-bond donors (Lipinski definition) is 0. The molecule has 0 fully saturated rings. The molecule has 0 saturated heterocycles. The number of para-hydroxylation sites is 1. The van der Waals surface area contributed by atoms with Crippen molar-refractivity contribution in [3.8, 4) is 11.8 Å². The first-order chi connectivity index (χ1) is 14.8. The summed E-state index contributed by atoms with van der Waals surface area (Å²) < 4.78 is 0. The Morgan fingerprint density at radius 2 is 1.30 bits per heavy atom. The number of rotatable bonds is 11. The molecule has 0 bridgehead atoms. The average molecular weight is 402 g/mol. The lowest BCUT2D eigenvalue weighted by Gasteiger charge is -2.34. The molecule has 30 heavy (non-hydrogen) atoms. The van der Waals surface area contributed by atoms with E-state index in [1.165, 1.54) is 44.9 Å². The number of amides is 1. The van der Waals surface area contributed by atoms with Gasteiger partial charge in [0.2, 0.25) is 0 Å². The van der Waals surface area contributed by atoms with Gasteiger partial charge in [-0.3, -0.25) is 4.79 Å². The van der Waals surface area contributed by atoms with Crippen LogP contribution in [-0.2, 0) is 0 Å². The number of fused-ring (bicyclic) bond motifs is 2. The lowest BCUT2D eigenvalue weighted by molar-refractivity contribution is 0.0972. The summed E-state index contributed by atoms with van der Waals surface area (Å²) in [6.07, 6.45) is 12.0. The largest absolute Gasteiger partial charge is 0.304 e. The second-order valence-electron chi connectivity index (χ2n) is 8.34. The minimum atomic E-state index is 0.0992. The van der Waals surface area contributed by atoms with Crippen LogP contribution in [0.3, 0.4) is 0 Å². The van der Waals surface area contributed by atoms with E-state index in [1.807, 2.05) is 42.5 Å². The molecular formula is C28H35NO. The van der Waals surface area contributed by atoms with Crippen LogP contribution in [0.15, 0.2) is 48.5 Å². The number of carbonyl (C=O) groups excluding carboxylic acids is 1. The molecule has 1 unspecified atom stereocenters. The SMILES string of the molecule is CCCCCCCC(CCCCC)N1C(=O)c2ccccc2C#Cc2ccccc21. The monoisotopic (exact) mass is 401 g/mol. The fraction of sp³-hybridized carbons (Fsp3) is 0.464. The van der Waals surface area contributed by atoms with Crippen LogP contribution in [-0.4, -0.2) is 11.9 Å². The molecule has 2 aromatic rings. The van der Waals surface area contributed by atoms with Gasteiger partial charge in [0.05, 0.1) is 11.3 Å². The number of anilines is 1. The van der Waals surface area contributed by atoms with Crippen molar-refractivity contribution >= 4 is 11.6 Å². The lowest BCUT2D eigenvalue weighted by Crippen LogP contribution is -2.41. The Morgan fingerprint density at radius 3 is 2.07 bits per heavy atom. The van der Waals surface area contributed by atoms with Crippen molar-refractivity contribution in [2.45, 2.75) is 84.1 Å². The minimum absolute atomic E-state index is 0.0992. The van der Waals surface area contributed by atoms with Gasteiger partial charge in [-0.15, -0.1) is 0 Å². The number of nitrogens with zero attached hydrogens (tertiary/aromatic N) is 1. The standard InChI is InChI=1S/C28H35NO/c1-3-5-7-8-10-18-25(17-9-6-4-2)29-27-20-14-12-16-24(27)22-21-23-15-11-13-19-26(23)28(29)30/h11-16,19-20,25H,3-10,17-18H2,1-2H3. The van der Waals surface area contributed by atoms with Crippen molar-refractivity contribution in [3.63, 3.8) is 0 Å². The van der Waals surface area contributed by atoms with Crippen LogP contribution < -0.4 is 4.90 Å². The number of hydrogen-bond acceptors (Lipinski definition) is 1. The first kappa shape index (κ1) is 22.2. The average Bonchev–Trinajstić information content (AvgIpc) is 2.77. The Bertz CT molecular complexity index is 889. The Morgan fingerprint density at radius 1 is 0.733 bits per heavy atom. The molecule has 1 atom stereocenters. The summed E-state index contributed by atoms with van der Waals surface area (Å²) in [6.45, 7) is 4.49. The highest BCUT2D eigenvalue weighted by atomic mass is 16.2. The van der Waals surface area contributed by atoms with E-state index in [2.05, 4.69) is 36.7 Å². The maximum Gasteiger partial charge on any atom is 0.259 e. The second-order valence-corrected chi connectivity index (χ2v) is 8.34. The van der Waals surface area contributed by atoms with E-state index < -0.39 is 0 Å². The topological polar surface area (TPSA) is 20.3 Å². The summed E-state index contributed by atoms with van der Waals surface area (Å²) in [5.41, 5.74) is 3.48. The lowest BCUT2D eigenvalue weighted by atomic mass is 9.95. The summed E-state index contributed by atoms with van der Waals surface area (Å²) in [4.78, 5) is 15.9. The third-order valence-electron chi connectivity index (χ3n) is 6.02. The highest BCUT2D eigenvalue weighted by molar-refractivity contribution is 6.09. The van der Waals surface area contributed by atoms with Gasteiger partial charge in [-0.25, -0.2) is 0 Å². The van der Waals surface area contributed by atoms with E-state index in [4.69, 9.17) is 0 Å². The highest BCUT2D eigenvalue weighted by Crippen LogP contribution is 2.31. The predicted molar refractivity (Wildman–Crippen MR) is 127 cm³/mol. The fourth-order valence-electron chi connectivity index (χ4n) is 4.32. The molecule has 0 N–H and O–H groups in total. The molecule has 0 radical (unpaired) electrons. The van der Waals surface area contributed by atoms with Gasteiger partial charge in [0.15, 0.2) is 0 Å². The quantitative estimate of drug-likeness (QED) is 0.284. The molecule has 0 spiro atoms. The molecule has 3 rings (SSSR count).